The van der Waals surface area contributed by atoms with Gasteiger partial charge in [0.15, 0.2) is 0 Å². The molecule has 1 fully saturated rings. The van der Waals surface area contributed by atoms with Crippen molar-refractivity contribution in [3.8, 4) is 5.69 Å². The fourth-order valence-electron chi connectivity index (χ4n) is 2.77. The highest BCUT2D eigenvalue weighted by atomic mass is 16.2. The number of carbonyl (C=O) groups excluding carboxylic acids is 1. The number of nitrogens with two attached hydrogens (primary N) is 1. The molecule has 5 nitrogen and oxygen atoms in total. The molecule has 1 aliphatic rings. The number of hydrogen-bond donors (Lipinski definition) is 1. The van der Waals surface area contributed by atoms with Gasteiger partial charge in [-0.3, -0.25) is 4.79 Å². The molecule has 0 unspecified atom stereocenters. The number of rotatable bonds is 4. The number of aromatic nitrogens is 2. The van der Waals surface area contributed by atoms with Crippen LogP contribution in [0.3, 0.4) is 0 Å². The average molecular weight is 298 g/mol. The highest BCUT2D eigenvalue weighted by Crippen LogP contribution is 2.12. The first-order valence-electron chi connectivity index (χ1n) is 7.85. The van der Waals surface area contributed by atoms with E-state index in [2.05, 4.69) is 5.10 Å². The largest absolute Gasteiger partial charge is 0.343 e. The van der Waals surface area contributed by atoms with Crippen LogP contribution < -0.4 is 5.73 Å². The van der Waals surface area contributed by atoms with Crippen molar-refractivity contribution in [1.29, 1.82) is 0 Å². The van der Waals surface area contributed by atoms with E-state index in [1.807, 2.05) is 52.3 Å². The number of carbonyl (C=O) groups is 1. The van der Waals surface area contributed by atoms with Crippen LogP contribution in [0.1, 0.15) is 24.8 Å². The molecule has 1 saturated heterocycles. The molecular weight excluding hydrogens is 276 g/mol. The zero-order valence-corrected chi connectivity index (χ0v) is 12.7. The monoisotopic (exact) mass is 298 g/mol. The molecule has 2 heterocycles. The van der Waals surface area contributed by atoms with E-state index in [1.54, 1.807) is 0 Å². The van der Waals surface area contributed by atoms with Gasteiger partial charge in [0, 0.05) is 31.7 Å². The minimum absolute atomic E-state index is 0.222. The normalized spacial score (nSPS) is 16.0. The van der Waals surface area contributed by atoms with E-state index in [-0.39, 0.29) is 11.9 Å². The van der Waals surface area contributed by atoms with Gasteiger partial charge in [0.05, 0.1) is 11.9 Å². The molecule has 1 amide bonds. The van der Waals surface area contributed by atoms with Crippen molar-refractivity contribution in [2.24, 2.45) is 5.73 Å². The number of para-hydroxylation sites is 1. The summed E-state index contributed by atoms with van der Waals surface area (Å²) in [6.07, 6.45) is 6.93. The maximum absolute atomic E-state index is 12.2. The lowest BCUT2D eigenvalue weighted by Crippen LogP contribution is -2.42. The van der Waals surface area contributed by atoms with Crippen LogP contribution in [0.5, 0.6) is 0 Å². The second kappa shape index (κ2) is 6.75. The summed E-state index contributed by atoms with van der Waals surface area (Å²) in [4.78, 5) is 14.1. The van der Waals surface area contributed by atoms with Crippen LogP contribution in [0.15, 0.2) is 42.7 Å². The van der Waals surface area contributed by atoms with Crippen molar-refractivity contribution in [2.45, 2.75) is 31.7 Å². The van der Waals surface area contributed by atoms with Crippen molar-refractivity contribution < 1.29 is 4.79 Å². The molecule has 2 aromatic rings. The summed E-state index contributed by atoms with van der Waals surface area (Å²) in [5, 5.41) is 4.36. The minimum atomic E-state index is 0.222. The topological polar surface area (TPSA) is 64.2 Å². The Kier molecular flexibility index (Phi) is 4.53. The van der Waals surface area contributed by atoms with Gasteiger partial charge in [0.25, 0.3) is 0 Å². The number of hydrogen-bond acceptors (Lipinski definition) is 3. The fourth-order valence-corrected chi connectivity index (χ4v) is 2.77. The molecule has 1 aromatic carbocycles. The van der Waals surface area contributed by atoms with Gasteiger partial charge in [-0.1, -0.05) is 18.2 Å². The predicted octanol–water partition coefficient (Wildman–Crippen LogP) is 1.75. The van der Waals surface area contributed by atoms with Crippen LogP contribution in [0.2, 0.25) is 0 Å². The van der Waals surface area contributed by atoms with Crippen LogP contribution in [-0.4, -0.2) is 39.7 Å². The van der Waals surface area contributed by atoms with Gasteiger partial charge in [-0.05, 0) is 37.0 Å². The first-order chi connectivity index (χ1) is 10.7. The molecule has 2 N–H and O–H groups in total. The average Bonchev–Trinajstić information content (AvgIpc) is 3.03. The van der Waals surface area contributed by atoms with E-state index < -0.39 is 0 Å². The second-order valence-electron chi connectivity index (χ2n) is 5.85. The number of amides is 1. The molecule has 1 aromatic heterocycles. The Hall–Kier alpha value is -2.14. The molecule has 22 heavy (non-hydrogen) atoms. The van der Waals surface area contributed by atoms with E-state index in [0.29, 0.717) is 6.42 Å². The van der Waals surface area contributed by atoms with Crippen molar-refractivity contribution in [2.75, 3.05) is 13.1 Å². The highest BCUT2D eigenvalue weighted by Gasteiger charge is 2.20. The Labute approximate surface area is 130 Å². The van der Waals surface area contributed by atoms with Crippen molar-refractivity contribution >= 4 is 5.91 Å². The molecule has 1 aliphatic heterocycles. The quantitative estimate of drug-likeness (QED) is 0.935. The molecular formula is C17H22N4O. The lowest BCUT2D eigenvalue weighted by Gasteiger charge is -2.30. The van der Waals surface area contributed by atoms with Gasteiger partial charge in [-0.15, -0.1) is 0 Å². The number of likely N-dealkylation sites (tertiary alicyclic amines) is 1. The molecule has 0 bridgehead atoms. The van der Waals surface area contributed by atoms with Gasteiger partial charge < -0.3 is 10.6 Å². The van der Waals surface area contributed by atoms with Gasteiger partial charge >= 0.3 is 0 Å². The summed E-state index contributed by atoms with van der Waals surface area (Å²) in [6, 6.07) is 10.2. The molecule has 3 rings (SSSR count). The molecule has 0 saturated carbocycles. The zero-order chi connectivity index (χ0) is 15.4. The van der Waals surface area contributed by atoms with Crippen LogP contribution in [-0.2, 0) is 11.2 Å². The summed E-state index contributed by atoms with van der Waals surface area (Å²) in [5.74, 6) is 0.222. The summed E-state index contributed by atoms with van der Waals surface area (Å²) < 4.78 is 1.85. The first-order valence-corrected chi connectivity index (χ1v) is 7.85. The van der Waals surface area contributed by atoms with E-state index in [9.17, 15) is 4.79 Å². The van der Waals surface area contributed by atoms with E-state index in [0.717, 1.165) is 43.6 Å². The van der Waals surface area contributed by atoms with Crippen molar-refractivity contribution in [3.63, 3.8) is 0 Å². The maximum Gasteiger partial charge on any atom is 0.222 e. The smallest absolute Gasteiger partial charge is 0.222 e. The SMILES string of the molecule is NC1CCN(C(=O)CCc2cnn(-c3ccccc3)c2)CC1. The van der Waals surface area contributed by atoms with Crippen molar-refractivity contribution in [1.82, 2.24) is 14.7 Å². The van der Waals surface area contributed by atoms with Crippen LogP contribution in [0.4, 0.5) is 0 Å². The molecule has 0 spiro atoms. The Morgan fingerprint density at radius 3 is 2.68 bits per heavy atom. The molecule has 5 heteroatoms. The second-order valence-corrected chi connectivity index (χ2v) is 5.85. The van der Waals surface area contributed by atoms with Gasteiger partial charge in [0.2, 0.25) is 5.91 Å². The Morgan fingerprint density at radius 2 is 1.95 bits per heavy atom. The van der Waals surface area contributed by atoms with E-state index in [4.69, 9.17) is 5.73 Å². The number of nitrogens with zero attached hydrogens (tertiary/aromatic N) is 3. The summed E-state index contributed by atoms with van der Waals surface area (Å²) in [7, 11) is 0. The Balaban J connectivity index is 1.54. The third-order valence-corrected chi connectivity index (χ3v) is 4.18. The summed E-state index contributed by atoms with van der Waals surface area (Å²) >= 11 is 0. The van der Waals surface area contributed by atoms with E-state index >= 15 is 0 Å². The van der Waals surface area contributed by atoms with Gasteiger partial charge in [0.1, 0.15) is 0 Å². The first kappa shape index (κ1) is 14.8. The fraction of sp³-hybridized carbons (Fsp3) is 0.412. The minimum Gasteiger partial charge on any atom is -0.343 e. The van der Waals surface area contributed by atoms with E-state index in [1.165, 1.54) is 0 Å². The van der Waals surface area contributed by atoms with Crippen molar-refractivity contribution in [3.05, 3.63) is 48.3 Å². The van der Waals surface area contributed by atoms with Crippen LogP contribution in [0, 0.1) is 0 Å². The third-order valence-electron chi connectivity index (χ3n) is 4.18. The zero-order valence-electron chi connectivity index (χ0n) is 12.7. The number of benzene rings is 1. The molecule has 0 aliphatic carbocycles. The van der Waals surface area contributed by atoms with Gasteiger partial charge in [-0.25, -0.2) is 4.68 Å². The van der Waals surface area contributed by atoms with Crippen LogP contribution in [0.25, 0.3) is 5.69 Å². The highest BCUT2D eigenvalue weighted by molar-refractivity contribution is 5.76. The van der Waals surface area contributed by atoms with Gasteiger partial charge in [-0.2, -0.15) is 5.10 Å². The lowest BCUT2D eigenvalue weighted by molar-refractivity contribution is -0.132. The standard InChI is InChI=1S/C17H22N4O/c18-15-8-10-20(11-9-15)17(22)7-6-14-12-19-21(13-14)16-4-2-1-3-5-16/h1-5,12-13,15H,6-11,18H2. The molecule has 0 radical (unpaired) electrons. The molecule has 0 atom stereocenters. The molecule has 116 valence electrons. The number of piperidine rings is 1. The number of aryl methyl sites for hydroxylation is 1. The Bertz CT molecular complexity index is 615. The third kappa shape index (κ3) is 3.54. The summed E-state index contributed by atoms with van der Waals surface area (Å²) in [5.41, 5.74) is 7.99. The summed E-state index contributed by atoms with van der Waals surface area (Å²) in [6.45, 7) is 1.59. The Morgan fingerprint density at radius 1 is 1.23 bits per heavy atom. The maximum atomic E-state index is 12.2. The van der Waals surface area contributed by atoms with Crippen LogP contribution >= 0.6 is 0 Å². The predicted molar refractivity (Wildman–Crippen MR) is 85.7 cm³/mol. The lowest BCUT2D eigenvalue weighted by atomic mass is 10.1.